The molecule has 1 aliphatic heterocycles. The fourth-order valence-corrected chi connectivity index (χ4v) is 3.52. The highest BCUT2D eigenvalue weighted by Gasteiger charge is 2.29. The number of halogens is 1. The zero-order valence-electron chi connectivity index (χ0n) is 17.6. The molecule has 0 atom stereocenters. The number of rotatable bonds is 8. The van der Waals surface area contributed by atoms with Gasteiger partial charge in [-0.3, -0.25) is 4.79 Å². The molecule has 1 saturated heterocycles. The summed E-state index contributed by atoms with van der Waals surface area (Å²) >= 11 is 0. The Morgan fingerprint density at radius 3 is 2.10 bits per heavy atom. The van der Waals surface area contributed by atoms with Crippen molar-refractivity contribution in [3.8, 4) is 28.7 Å². The lowest BCUT2D eigenvalue weighted by atomic mass is 10.1. The van der Waals surface area contributed by atoms with Gasteiger partial charge in [0.05, 0.1) is 26.9 Å². The summed E-state index contributed by atoms with van der Waals surface area (Å²) in [7, 11) is 4.54. The summed E-state index contributed by atoms with van der Waals surface area (Å²) in [4.78, 5) is 14.9. The summed E-state index contributed by atoms with van der Waals surface area (Å²) in [5.74, 6) is 1.94. The Hall–Kier alpha value is -2.64. The van der Waals surface area contributed by atoms with Gasteiger partial charge < -0.3 is 29.6 Å². The SMILES string of the molecule is COc1c(Oc2ccc(CCN)cc2)cc(C(=O)N2CCCC2)c(OC)c1OC.Cl. The van der Waals surface area contributed by atoms with E-state index in [9.17, 15) is 4.79 Å². The van der Waals surface area contributed by atoms with Gasteiger partial charge in [-0.2, -0.15) is 0 Å². The minimum absolute atomic E-state index is 0. The Morgan fingerprint density at radius 1 is 0.967 bits per heavy atom. The van der Waals surface area contributed by atoms with Gasteiger partial charge in [0.1, 0.15) is 5.75 Å². The first-order valence-corrected chi connectivity index (χ1v) is 9.72. The van der Waals surface area contributed by atoms with E-state index in [1.807, 2.05) is 29.2 Å². The van der Waals surface area contributed by atoms with Gasteiger partial charge in [-0.15, -0.1) is 12.4 Å². The number of nitrogens with two attached hydrogens (primary N) is 1. The average molecular weight is 437 g/mol. The van der Waals surface area contributed by atoms with Gasteiger partial charge in [0.2, 0.25) is 11.5 Å². The highest BCUT2D eigenvalue weighted by atomic mass is 35.5. The second kappa shape index (κ2) is 10.9. The number of carbonyl (C=O) groups is 1. The quantitative estimate of drug-likeness (QED) is 0.679. The summed E-state index contributed by atoms with van der Waals surface area (Å²) in [5.41, 5.74) is 7.13. The second-order valence-corrected chi connectivity index (χ2v) is 6.81. The minimum Gasteiger partial charge on any atom is -0.492 e. The Balaban J connectivity index is 0.00000320. The van der Waals surface area contributed by atoms with Gasteiger partial charge >= 0.3 is 0 Å². The largest absolute Gasteiger partial charge is 0.492 e. The molecule has 2 aromatic rings. The molecule has 0 aliphatic carbocycles. The van der Waals surface area contributed by atoms with E-state index in [0.717, 1.165) is 37.9 Å². The highest BCUT2D eigenvalue weighted by Crippen LogP contribution is 2.48. The fourth-order valence-electron chi connectivity index (χ4n) is 3.52. The maximum Gasteiger partial charge on any atom is 0.257 e. The first kappa shape index (κ1) is 23.6. The lowest BCUT2D eigenvalue weighted by Gasteiger charge is -2.22. The van der Waals surface area contributed by atoms with Crippen molar-refractivity contribution >= 4 is 18.3 Å². The molecule has 0 unspecified atom stereocenters. The van der Waals surface area contributed by atoms with E-state index in [1.165, 1.54) is 21.3 Å². The molecule has 0 spiro atoms. The predicted octanol–water partition coefficient (Wildman–Crippen LogP) is 3.66. The van der Waals surface area contributed by atoms with Crippen LogP contribution < -0.4 is 24.7 Å². The molecule has 164 valence electrons. The number of hydrogen-bond donors (Lipinski definition) is 1. The van der Waals surface area contributed by atoms with Gasteiger partial charge in [0.15, 0.2) is 11.5 Å². The lowest BCUT2D eigenvalue weighted by Crippen LogP contribution is -2.28. The molecule has 2 N–H and O–H groups in total. The number of nitrogens with zero attached hydrogens (tertiary/aromatic N) is 1. The molecular weight excluding hydrogens is 408 g/mol. The molecule has 3 rings (SSSR count). The van der Waals surface area contributed by atoms with Crippen molar-refractivity contribution in [2.45, 2.75) is 19.3 Å². The monoisotopic (exact) mass is 436 g/mol. The maximum atomic E-state index is 13.1. The van der Waals surface area contributed by atoms with Crippen LogP contribution >= 0.6 is 12.4 Å². The van der Waals surface area contributed by atoms with E-state index >= 15 is 0 Å². The van der Waals surface area contributed by atoms with Crippen molar-refractivity contribution < 1.29 is 23.7 Å². The molecule has 1 aliphatic rings. The van der Waals surface area contributed by atoms with Crippen LogP contribution in [0.2, 0.25) is 0 Å². The topological polar surface area (TPSA) is 83.3 Å². The lowest BCUT2D eigenvalue weighted by molar-refractivity contribution is 0.0788. The zero-order chi connectivity index (χ0) is 20.8. The van der Waals surface area contributed by atoms with Crippen LogP contribution in [-0.4, -0.2) is 51.8 Å². The normalized spacial score (nSPS) is 12.9. The number of methoxy groups -OCH3 is 3. The second-order valence-electron chi connectivity index (χ2n) is 6.81. The number of carbonyl (C=O) groups excluding carboxylic acids is 1. The van der Waals surface area contributed by atoms with E-state index in [1.54, 1.807) is 6.07 Å². The molecule has 1 amide bonds. The molecule has 0 aromatic heterocycles. The molecule has 30 heavy (non-hydrogen) atoms. The first-order chi connectivity index (χ1) is 14.1. The van der Waals surface area contributed by atoms with E-state index < -0.39 is 0 Å². The van der Waals surface area contributed by atoms with Crippen LogP contribution in [0.3, 0.4) is 0 Å². The van der Waals surface area contributed by atoms with Crippen molar-refractivity contribution in [2.75, 3.05) is 41.0 Å². The first-order valence-electron chi connectivity index (χ1n) is 9.72. The minimum atomic E-state index is -0.108. The molecular formula is C22H29ClN2O5. The van der Waals surface area contributed by atoms with E-state index in [0.29, 0.717) is 40.9 Å². The molecule has 0 radical (unpaired) electrons. The van der Waals surface area contributed by atoms with Gasteiger partial charge in [0.25, 0.3) is 5.91 Å². The van der Waals surface area contributed by atoms with Gasteiger partial charge in [0, 0.05) is 19.2 Å². The Kier molecular flexibility index (Phi) is 8.62. The summed E-state index contributed by atoms with van der Waals surface area (Å²) in [6.07, 6.45) is 2.80. The molecule has 0 saturated carbocycles. The number of hydrogen-bond acceptors (Lipinski definition) is 6. The van der Waals surface area contributed by atoms with Gasteiger partial charge in [-0.1, -0.05) is 12.1 Å². The van der Waals surface area contributed by atoms with Crippen LogP contribution in [0.5, 0.6) is 28.7 Å². The number of likely N-dealkylation sites (tertiary alicyclic amines) is 1. The van der Waals surface area contributed by atoms with Crippen LogP contribution in [0.1, 0.15) is 28.8 Å². The Morgan fingerprint density at radius 2 is 1.57 bits per heavy atom. The predicted molar refractivity (Wildman–Crippen MR) is 118 cm³/mol. The van der Waals surface area contributed by atoms with Crippen LogP contribution in [0.15, 0.2) is 30.3 Å². The number of benzene rings is 2. The van der Waals surface area contributed by atoms with Crippen LogP contribution in [0, 0.1) is 0 Å². The number of amides is 1. The fraction of sp³-hybridized carbons (Fsp3) is 0.409. The highest BCUT2D eigenvalue weighted by molar-refractivity contribution is 5.99. The van der Waals surface area contributed by atoms with Crippen LogP contribution in [0.25, 0.3) is 0 Å². The molecule has 8 heteroatoms. The summed E-state index contributed by atoms with van der Waals surface area (Å²) < 4.78 is 22.6. The molecule has 0 bridgehead atoms. The van der Waals surface area contributed by atoms with Crippen molar-refractivity contribution in [1.29, 1.82) is 0 Å². The summed E-state index contributed by atoms with van der Waals surface area (Å²) in [6, 6.07) is 9.32. The number of ether oxygens (including phenoxy) is 4. The molecule has 2 aromatic carbocycles. The Labute approximate surface area is 183 Å². The summed E-state index contributed by atoms with van der Waals surface area (Å²) in [6.45, 7) is 2.05. The van der Waals surface area contributed by atoms with E-state index in [-0.39, 0.29) is 18.3 Å². The van der Waals surface area contributed by atoms with Crippen molar-refractivity contribution in [3.63, 3.8) is 0 Å². The van der Waals surface area contributed by atoms with Crippen LogP contribution in [-0.2, 0) is 6.42 Å². The third kappa shape index (κ3) is 4.91. The van der Waals surface area contributed by atoms with Gasteiger partial charge in [-0.25, -0.2) is 0 Å². The molecule has 1 fully saturated rings. The van der Waals surface area contributed by atoms with E-state index in [4.69, 9.17) is 24.7 Å². The maximum absolute atomic E-state index is 13.1. The van der Waals surface area contributed by atoms with Crippen molar-refractivity contribution in [2.24, 2.45) is 5.73 Å². The third-order valence-corrected chi connectivity index (χ3v) is 4.98. The van der Waals surface area contributed by atoms with Crippen molar-refractivity contribution in [3.05, 3.63) is 41.5 Å². The average Bonchev–Trinajstić information content (AvgIpc) is 3.28. The van der Waals surface area contributed by atoms with Gasteiger partial charge in [-0.05, 0) is 43.5 Å². The third-order valence-electron chi connectivity index (χ3n) is 4.98. The van der Waals surface area contributed by atoms with E-state index in [2.05, 4.69) is 0 Å². The van der Waals surface area contributed by atoms with Crippen LogP contribution in [0.4, 0.5) is 0 Å². The Bertz CT molecular complexity index is 852. The zero-order valence-corrected chi connectivity index (χ0v) is 18.4. The smallest absolute Gasteiger partial charge is 0.257 e. The summed E-state index contributed by atoms with van der Waals surface area (Å²) in [5, 5.41) is 0. The standard InChI is InChI=1S/C22H28N2O5.ClH/c1-26-19-17(22(25)24-12-4-5-13-24)14-18(20(27-2)21(19)28-3)29-16-8-6-15(7-9-16)10-11-23;/h6-9,14H,4-5,10-13,23H2,1-3H3;1H. The molecule has 1 heterocycles. The molecule has 7 nitrogen and oxygen atoms in total. The van der Waals surface area contributed by atoms with Crippen molar-refractivity contribution in [1.82, 2.24) is 4.90 Å².